The highest BCUT2D eigenvalue weighted by atomic mass is 127. The van der Waals surface area contributed by atoms with E-state index in [1.807, 2.05) is 25.2 Å². The number of hydrogen-bond acceptors (Lipinski definition) is 4. The van der Waals surface area contributed by atoms with Gasteiger partial charge < -0.3 is 19.7 Å². The third kappa shape index (κ3) is 6.80. The van der Waals surface area contributed by atoms with E-state index in [0.717, 1.165) is 37.3 Å². The predicted molar refractivity (Wildman–Crippen MR) is 107 cm³/mol. The Morgan fingerprint density at radius 3 is 2.83 bits per heavy atom. The number of aliphatic imine (C=N–C) groups is 1. The lowest BCUT2D eigenvalue weighted by Crippen LogP contribution is -2.39. The van der Waals surface area contributed by atoms with Crippen LogP contribution >= 0.6 is 24.0 Å². The maximum atomic E-state index is 5.41. The number of aromatic nitrogens is 1. The van der Waals surface area contributed by atoms with Crippen molar-refractivity contribution in [2.75, 3.05) is 41.0 Å². The summed E-state index contributed by atoms with van der Waals surface area (Å²) in [6.07, 6.45) is 3.53. The van der Waals surface area contributed by atoms with Crippen molar-refractivity contribution in [1.29, 1.82) is 0 Å². The number of hydrogen-bond donors (Lipinski definition) is 1. The van der Waals surface area contributed by atoms with E-state index in [2.05, 4.69) is 27.2 Å². The van der Waals surface area contributed by atoms with Gasteiger partial charge in [-0.3, -0.25) is 4.99 Å². The molecule has 7 heteroatoms. The largest absolute Gasteiger partial charge is 0.481 e. The van der Waals surface area contributed by atoms with E-state index in [-0.39, 0.29) is 24.0 Å². The van der Waals surface area contributed by atoms with Gasteiger partial charge in [0.05, 0.1) is 19.3 Å². The molecule has 1 aromatic rings. The summed E-state index contributed by atoms with van der Waals surface area (Å²) in [5.41, 5.74) is 0.934. The van der Waals surface area contributed by atoms with Gasteiger partial charge in [0.2, 0.25) is 5.88 Å². The Morgan fingerprint density at radius 2 is 2.17 bits per heavy atom. The van der Waals surface area contributed by atoms with Crippen molar-refractivity contribution in [2.24, 2.45) is 10.9 Å². The van der Waals surface area contributed by atoms with Crippen LogP contribution in [0.3, 0.4) is 0 Å². The van der Waals surface area contributed by atoms with Gasteiger partial charge in [-0.15, -0.1) is 24.0 Å². The Morgan fingerprint density at radius 1 is 1.42 bits per heavy atom. The molecular weight excluding hydrogens is 419 g/mol. The smallest absolute Gasteiger partial charge is 0.213 e. The highest BCUT2D eigenvalue weighted by Gasteiger charge is 2.15. The monoisotopic (exact) mass is 448 g/mol. The number of pyridine rings is 1. The van der Waals surface area contributed by atoms with Gasteiger partial charge in [-0.2, -0.15) is 0 Å². The lowest BCUT2D eigenvalue weighted by atomic mass is 9.96. The normalized spacial score (nSPS) is 15.5. The van der Waals surface area contributed by atoms with Crippen molar-refractivity contribution < 1.29 is 9.47 Å². The van der Waals surface area contributed by atoms with E-state index in [9.17, 15) is 0 Å². The Bertz CT molecular complexity index is 507. The molecule has 0 atom stereocenters. The summed E-state index contributed by atoms with van der Waals surface area (Å²) in [4.78, 5) is 10.9. The highest BCUT2D eigenvalue weighted by Crippen LogP contribution is 2.18. The summed E-state index contributed by atoms with van der Waals surface area (Å²) in [6, 6.07) is 5.77. The standard InChI is InChI=1S/C17H28N4O2.HI/c1-18-17(19-13-15-5-4-6-16(20-15)22-3)21(2)10-7-14-8-11-23-12-9-14;/h4-6,14H,7-13H2,1-3H3,(H,18,19);1H. The maximum absolute atomic E-state index is 5.41. The first-order valence-electron chi connectivity index (χ1n) is 8.22. The molecule has 1 aliphatic rings. The van der Waals surface area contributed by atoms with Gasteiger partial charge in [-0.25, -0.2) is 4.98 Å². The van der Waals surface area contributed by atoms with Gasteiger partial charge in [0.15, 0.2) is 5.96 Å². The average molecular weight is 448 g/mol. The zero-order valence-corrected chi connectivity index (χ0v) is 17.2. The van der Waals surface area contributed by atoms with E-state index in [1.54, 1.807) is 7.11 Å². The van der Waals surface area contributed by atoms with E-state index >= 15 is 0 Å². The van der Waals surface area contributed by atoms with E-state index in [4.69, 9.17) is 9.47 Å². The SMILES string of the molecule is CN=C(NCc1cccc(OC)n1)N(C)CCC1CCOCC1.I. The van der Waals surface area contributed by atoms with Crippen LogP contribution in [-0.4, -0.2) is 56.8 Å². The van der Waals surface area contributed by atoms with Crippen LogP contribution in [0.1, 0.15) is 25.0 Å². The zero-order chi connectivity index (χ0) is 16.5. The second-order valence-electron chi connectivity index (χ2n) is 5.84. The molecule has 0 unspecified atom stereocenters. The summed E-state index contributed by atoms with van der Waals surface area (Å²) < 4.78 is 10.6. The molecule has 2 rings (SSSR count). The number of nitrogens with one attached hydrogen (secondary N) is 1. The number of rotatable bonds is 6. The molecule has 0 bridgehead atoms. The first-order chi connectivity index (χ1) is 11.2. The van der Waals surface area contributed by atoms with Gasteiger partial charge in [-0.05, 0) is 31.2 Å². The first-order valence-corrected chi connectivity index (χ1v) is 8.22. The third-order valence-electron chi connectivity index (χ3n) is 4.20. The predicted octanol–water partition coefficient (Wildman–Crippen LogP) is 2.53. The molecule has 1 N–H and O–H groups in total. The third-order valence-corrected chi connectivity index (χ3v) is 4.20. The second-order valence-corrected chi connectivity index (χ2v) is 5.84. The van der Waals surface area contributed by atoms with Crippen LogP contribution in [0.15, 0.2) is 23.2 Å². The molecule has 0 spiro atoms. The minimum absolute atomic E-state index is 0. The molecule has 0 saturated carbocycles. The van der Waals surface area contributed by atoms with E-state index in [1.165, 1.54) is 19.3 Å². The van der Waals surface area contributed by atoms with E-state index < -0.39 is 0 Å². The number of methoxy groups -OCH3 is 1. The number of guanidine groups is 1. The fourth-order valence-corrected chi connectivity index (χ4v) is 2.74. The van der Waals surface area contributed by atoms with Gasteiger partial charge >= 0.3 is 0 Å². The van der Waals surface area contributed by atoms with Crippen LogP contribution < -0.4 is 10.1 Å². The minimum Gasteiger partial charge on any atom is -0.481 e. The lowest BCUT2D eigenvalue weighted by Gasteiger charge is -2.26. The van der Waals surface area contributed by atoms with Gasteiger partial charge in [0, 0.05) is 39.9 Å². The zero-order valence-electron chi connectivity index (χ0n) is 14.8. The molecule has 0 aliphatic carbocycles. The summed E-state index contributed by atoms with van der Waals surface area (Å²) in [5, 5.41) is 3.36. The Labute approximate surface area is 162 Å². The summed E-state index contributed by atoms with van der Waals surface area (Å²) in [6.45, 7) is 3.44. The van der Waals surface area contributed by atoms with Crippen molar-refractivity contribution >= 4 is 29.9 Å². The van der Waals surface area contributed by atoms with Crippen molar-refractivity contribution in [3.63, 3.8) is 0 Å². The maximum Gasteiger partial charge on any atom is 0.213 e. The van der Waals surface area contributed by atoms with Crippen LogP contribution in [-0.2, 0) is 11.3 Å². The van der Waals surface area contributed by atoms with E-state index in [0.29, 0.717) is 12.4 Å². The van der Waals surface area contributed by atoms with Gasteiger partial charge in [0.1, 0.15) is 0 Å². The Balaban J connectivity index is 0.00000288. The molecule has 2 heterocycles. The number of halogens is 1. The quantitative estimate of drug-likeness (QED) is 0.412. The molecule has 24 heavy (non-hydrogen) atoms. The summed E-state index contributed by atoms with van der Waals surface area (Å²) in [5.74, 6) is 2.29. The topological polar surface area (TPSA) is 59.0 Å². The van der Waals surface area contributed by atoms with Crippen molar-refractivity contribution in [3.05, 3.63) is 23.9 Å². The summed E-state index contributed by atoms with van der Waals surface area (Å²) >= 11 is 0. The van der Waals surface area contributed by atoms with Crippen molar-refractivity contribution in [3.8, 4) is 5.88 Å². The van der Waals surface area contributed by atoms with Crippen LogP contribution in [0.5, 0.6) is 5.88 Å². The number of ether oxygens (including phenoxy) is 2. The second kappa shape index (κ2) is 11.5. The molecule has 1 fully saturated rings. The minimum atomic E-state index is 0. The highest BCUT2D eigenvalue weighted by molar-refractivity contribution is 14.0. The summed E-state index contributed by atoms with van der Waals surface area (Å²) in [7, 11) is 5.52. The van der Waals surface area contributed by atoms with Crippen LogP contribution in [0.2, 0.25) is 0 Å². The van der Waals surface area contributed by atoms with Crippen molar-refractivity contribution in [1.82, 2.24) is 15.2 Å². The molecule has 6 nitrogen and oxygen atoms in total. The Kier molecular flexibility index (Phi) is 10.0. The lowest BCUT2D eigenvalue weighted by molar-refractivity contribution is 0.0625. The molecule has 1 aromatic heterocycles. The molecule has 0 aromatic carbocycles. The number of nitrogens with zero attached hydrogens (tertiary/aromatic N) is 3. The molecule has 136 valence electrons. The fourth-order valence-electron chi connectivity index (χ4n) is 2.74. The molecule has 0 radical (unpaired) electrons. The molecule has 1 aliphatic heterocycles. The molecule has 1 saturated heterocycles. The van der Waals surface area contributed by atoms with Crippen LogP contribution in [0.25, 0.3) is 0 Å². The Hall–Kier alpha value is -1.09. The van der Waals surface area contributed by atoms with Crippen LogP contribution in [0.4, 0.5) is 0 Å². The average Bonchev–Trinajstić information content (AvgIpc) is 2.61. The van der Waals surface area contributed by atoms with Crippen molar-refractivity contribution in [2.45, 2.75) is 25.8 Å². The van der Waals surface area contributed by atoms with Gasteiger partial charge in [-0.1, -0.05) is 6.07 Å². The molecule has 0 amide bonds. The fraction of sp³-hybridized carbons (Fsp3) is 0.647. The van der Waals surface area contributed by atoms with Gasteiger partial charge in [0.25, 0.3) is 0 Å². The van der Waals surface area contributed by atoms with Crippen LogP contribution in [0, 0.1) is 5.92 Å². The molecular formula is C17H29IN4O2. The first kappa shape index (κ1) is 21.0.